The predicted molar refractivity (Wildman–Crippen MR) is 114 cm³/mol. The standard InChI is InChI=1S/C22H25NO5S/c1-26-16-11-9-14(13-17(16)27-2)10-12-19(24)23-21-20(22(25)28-3)15-7-5-4-6-8-18(15)29-21/h9-13H,4-8H2,1-3H3,(H,23,24). The van der Waals surface area contributed by atoms with Crippen molar-refractivity contribution < 1.29 is 23.8 Å². The average molecular weight is 416 g/mol. The third kappa shape index (κ3) is 4.79. The maximum absolute atomic E-state index is 12.5. The molecule has 0 aliphatic heterocycles. The average Bonchev–Trinajstić information content (AvgIpc) is 2.91. The first-order chi connectivity index (χ1) is 14.1. The maximum atomic E-state index is 12.5. The Morgan fingerprint density at radius 3 is 2.52 bits per heavy atom. The van der Waals surface area contributed by atoms with Gasteiger partial charge >= 0.3 is 5.97 Å². The van der Waals surface area contributed by atoms with Crippen LogP contribution >= 0.6 is 11.3 Å². The fraction of sp³-hybridized carbons (Fsp3) is 0.364. The van der Waals surface area contributed by atoms with Gasteiger partial charge in [0, 0.05) is 11.0 Å². The molecule has 0 saturated heterocycles. The van der Waals surface area contributed by atoms with E-state index in [0.29, 0.717) is 22.1 Å². The monoisotopic (exact) mass is 415 g/mol. The van der Waals surface area contributed by atoms with Crippen molar-refractivity contribution in [3.05, 3.63) is 45.8 Å². The van der Waals surface area contributed by atoms with E-state index < -0.39 is 5.97 Å². The van der Waals surface area contributed by atoms with Gasteiger partial charge in [-0.2, -0.15) is 0 Å². The van der Waals surface area contributed by atoms with E-state index in [4.69, 9.17) is 14.2 Å². The van der Waals surface area contributed by atoms with E-state index in [9.17, 15) is 9.59 Å². The fourth-order valence-corrected chi connectivity index (χ4v) is 4.71. The molecular weight excluding hydrogens is 390 g/mol. The third-order valence-corrected chi connectivity index (χ3v) is 6.09. The minimum atomic E-state index is -0.399. The number of carbonyl (C=O) groups is 2. The highest BCUT2D eigenvalue weighted by Gasteiger charge is 2.25. The number of rotatable bonds is 6. The van der Waals surface area contributed by atoms with Gasteiger partial charge in [0.25, 0.3) is 0 Å². The van der Waals surface area contributed by atoms with E-state index in [1.165, 1.54) is 29.4 Å². The number of aryl methyl sites for hydroxylation is 1. The molecule has 1 amide bonds. The summed E-state index contributed by atoms with van der Waals surface area (Å²) in [4.78, 5) is 26.0. The summed E-state index contributed by atoms with van der Waals surface area (Å²) < 4.78 is 15.5. The second-order valence-corrected chi connectivity index (χ2v) is 7.80. The van der Waals surface area contributed by atoms with Gasteiger partial charge in [-0.3, -0.25) is 4.79 Å². The number of ether oxygens (including phenoxy) is 3. The molecule has 1 aromatic heterocycles. The number of anilines is 1. The number of thiophene rings is 1. The molecule has 7 heteroatoms. The highest BCUT2D eigenvalue weighted by atomic mass is 32.1. The molecule has 1 heterocycles. The Hall–Kier alpha value is -2.80. The van der Waals surface area contributed by atoms with Crippen molar-refractivity contribution in [3.63, 3.8) is 0 Å². The SMILES string of the molecule is COC(=O)c1c(NC(=O)C=Cc2ccc(OC)c(OC)c2)sc2c1CCCCC2. The van der Waals surface area contributed by atoms with Crippen LogP contribution in [-0.2, 0) is 22.4 Å². The maximum Gasteiger partial charge on any atom is 0.341 e. The minimum Gasteiger partial charge on any atom is -0.493 e. The van der Waals surface area contributed by atoms with Crippen LogP contribution in [0.3, 0.4) is 0 Å². The molecule has 154 valence electrons. The van der Waals surface area contributed by atoms with E-state index in [0.717, 1.165) is 43.2 Å². The van der Waals surface area contributed by atoms with E-state index in [1.807, 2.05) is 6.07 Å². The molecular formula is C22H25NO5S. The van der Waals surface area contributed by atoms with Crippen molar-refractivity contribution >= 4 is 34.3 Å². The third-order valence-electron chi connectivity index (χ3n) is 4.88. The molecule has 0 atom stereocenters. The lowest BCUT2D eigenvalue weighted by Gasteiger charge is -2.08. The van der Waals surface area contributed by atoms with Crippen molar-refractivity contribution in [2.75, 3.05) is 26.6 Å². The topological polar surface area (TPSA) is 73.9 Å². The van der Waals surface area contributed by atoms with Crippen molar-refractivity contribution in [2.24, 2.45) is 0 Å². The van der Waals surface area contributed by atoms with Crippen molar-refractivity contribution in [3.8, 4) is 11.5 Å². The largest absolute Gasteiger partial charge is 0.493 e. The number of fused-ring (bicyclic) bond motifs is 1. The highest BCUT2D eigenvalue weighted by Crippen LogP contribution is 2.38. The molecule has 0 bridgehead atoms. The summed E-state index contributed by atoms with van der Waals surface area (Å²) >= 11 is 1.48. The molecule has 0 saturated carbocycles. The van der Waals surface area contributed by atoms with Crippen LogP contribution in [0.5, 0.6) is 11.5 Å². The van der Waals surface area contributed by atoms with Gasteiger partial charge in [-0.15, -0.1) is 11.3 Å². The summed E-state index contributed by atoms with van der Waals surface area (Å²) in [6.07, 6.45) is 8.19. The first kappa shape index (κ1) is 20.9. The van der Waals surface area contributed by atoms with Gasteiger partial charge in [0.05, 0.1) is 26.9 Å². The quantitative estimate of drug-likeness (QED) is 0.428. The Labute approximate surface area is 174 Å². The fourth-order valence-electron chi connectivity index (χ4n) is 3.43. The Morgan fingerprint density at radius 2 is 1.79 bits per heavy atom. The number of benzene rings is 1. The van der Waals surface area contributed by atoms with Gasteiger partial charge in [-0.1, -0.05) is 12.5 Å². The molecule has 0 radical (unpaired) electrons. The molecule has 0 unspecified atom stereocenters. The van der Waals surface area contributed by atoms with Gasteiger partial charge in [-0.05, 0) is 55.0 Å². The van der Waals surface area contributed by atoms with E-state index in [1.54, 1.807) is 32.4 Å². The lowest BCUT2D eigenvalue weighted by molar-refractivity contribution is -0.111. The van der Waals surface area contributed by atoms with Crippen LogP contribution in [0.25, 0.3) is 6.08 Å². The first-order valence-electron chi connectivity index (χ1n) is 9.51. The van der Waals surface area contributed by atoms with Crippen molar-refractivity contribution in [2.45, 2.75) is 32.1 Å². The van der Waals surface area contributed by atoms with Gasteiger partial charge in [0.15, 0.2) is 11.5 Å². The molecule has 29 heavy (non-hydrogen) atoms. The van der Waals surface area contributed by atoms with Crippen molar-refractivity contribution in [1.29, 1.82) is 0 Å². The Morgan fingerprint density at radius 1 is 1.03 bits per heavy atom. The number of hydrogen-bond donors (Lipinski definition) is 1. The smallest absolute Gasteiger partial charge is 0.341 e. The summed E-state index contributed by atoms with van der Waals surface area (Å²) in [5.74, 6) is 0.506. The van der Waals surface area contributed by atoms with Crippen LogP contribution in [0.1, 0.15) is 45.6 Å². The van der Waals surface area contributed by atoms with Crippen LogP contribution in [0.4, 0.5) is 5.00 Å². The summed E-state index contributed by atoms with van der Waals surface area (Å²) in [5.41, 5.74) is 2.33. The second-order valence-electron chi connectivity index (χ2n) is 6.70. The molecule has 3 rings (SSSR count). The van der Waals surface area contributed by atoms with Crippen LogP contribution in [-0.4, -0.2) is 33.2 Å². The zero-order valence-electron chi connectivity index (χ0n) is 16.9. The zero-order valence-corrected chi connectivity index (χ0v) is 17.7. The number of nitrogens with one attached hydrogen (secondary N) is 1. The number of carbonyl (C=O) groups excluding carboxylic acids is 2. The zero-order chi connectivity index (χ0) is 20.8. The lowest BCUT2D eigenvalue weighted by atomic mass is 10.1. The second kappa shape index (κ2) is 9.60. The number of hydrogen-bond acceptors (Lipinski definition) is 6. The first-order valence-corrected chi connectivity index (χ1v) is 10.3. The minimum absolute atomic E-state index is 0.304. The van der Waals surface area contributed by atoms with Gasteiger partial charge in [0.2, 0.25) is 5.91 Å². The summed E-state index contributed by atoms with van der Waals surface area (Å²) in [6, 6.07) is 5.40. The number of esters is 1. The van der Waals surface area contributed by atoms with Crippen LogP contribution < -0.4 is 14.8 Å². The molecule has 6 nitrogen and oxygen atoms in total. The van der Waals surface area contributed by atoms with Gasteiger partial charge < -0.3 is 19.5 Å². The lowest BCUT2D eigenvalue weighted by Crippen LogP contribution is -2.12. The summed E-state index contributed by atoms with van der Waals surface area (Å²) in [7, 11) is 4.50. The molecule has 1 aliphatic rings. The molecule has 0 fully saturated rings. The molecule has 1 aliphatic carbocycles. The van der Waals surface area contributed by atoms with Gasteiger partial charge in [0.1, 0.15) is 5.00 Å². The molecule has 2 aromatic rings. The summed E-state index contributed by atoms with van der Waals surface area (Å²) in [5, 5.41) is 3.42. The number of methoxy groups -OCH3 is 3. The Balaban J connectivity index is 1.80. The van der Waals surface area contributed by atoms with Crippen molar-refractivity contribution in [1.82, 2.24) is 0 Å². The molecule has 1 aromatic carbocycles. The van der Waals surface area contributed by atoms with E-state index in [-0.39, 0.29) is 5.91 Å². The predicted octanol–water partition coefficient (Wildman–Crippen LogP) is 4.47. The van der Waals surface area contributed by atoms with Crippen LogP contribution in [0.15, 0.2) is 24.3 Å². The normalized spacial score (nSPS) is 13.5. The molecule has 0 spiro atoms. The van der Waals surface area contributed by atoms with E-state index in [2.05, 4.69) is 5.32 Å². The van der Waals surface area contributed by atoms with Crippen LogP contribution in [0.2, 0.25) is 0 Å². The molecule has 1 N–H and O–H groups in total. The summed E-state index contributed by atoms with van der Waals surface area (Å²) in [6.45, 7) is 0. The number of amides is 1. The Kier molecular flexibility index (Phi) is 6.93. The Bertz CT molecular complexity index is 932. The van der Waals surface area contributed by atoms with Crippen LogP contribution in [0, 0.1) is 0 Å². The van der Waals surface area contributed by atoms with Gasteiger partial charge in [-0.25, -0.2) is 4.79 Å². The van der Waals surface area contributed by atoms with E-state index >= 15 is 0 Å². The highest BCUT2D eigenvalue weighted by molar-refractivity contribution is 7.17.